The van der Waals surface area contributed by atoms with Gasteiger partial charge < -0.3 is 14.6 Å². The van der Waals surface area contributed by atoms with Crippen molar-refractivity contribution < 1.29 is 14.1 Å². The zero-order valence-electron chi connectivity index (χ0n) is 19.3. The molecule has 0 bridgehead atoms. The number of carbonyl (C=O) groups excluding carboxylic acids is 1. The van der Waals surface area contributed by atoms with Crippen molar-refractivity contribution in [2.45, 2.75) is 32.2 Å². The van der Waals surface area contributed by atoms with E-state index in [1.807, 2.05) is 12.1 Å². The third kappa shape index (κ3) is 5.82. The number of halogens is 1. The highest BCUT2D eigenvalue weighted by atomic mass is 35.5. The molecule has 7 heteroatoms. The fourth-order valence-corrected chi connectivity index (χ4v) is 4.09. The molecule has 2 aromatic carbocycles. The molecule has 6 nitrogen and oxygen atoms in total. The first-order valence-corrected chi connectivity index (χ1v) is 11.6. The summed E-state index contributed by atoms with van der Waals surface area (Å²) in [5, 5.41) is 7.65. The Labute approximate surface area is 199 Å². The molecule has 33 heavy (non-hydrogen) atoms. The average Bonchev–Trinajstić information content (AvgIpc) is 3.30. The molecule has 1 amide bonds. The Bertz CT molecular complexity index is 1070. The molecule has 1 aliphatic heterocycles. The van der Waals surface area contributed by atoms with Gasteiger partial charge in [-0.3, -0.25) is 9.69 Å². The van der Waals surface area contributed by atoms with Crippen molar-refractivity contribution in [2.75, 3.05) is 32.8 Å². The van der Waals surface area contributed by atoms with Crippen LogP contribution in [0.3, 0.4) is 0 Å². The van der Waals surface area contributed by atoms with Crippen LogP contribution in [0.4, 0.5) is 0 Å². The Morgan fingerprint density at radius 2 is 1.76 bits per heavy atom. The second-order valence-corrected chi connectivity index (χ2v) is 9.77. The number of aromatic nitrogens is 1. The van der Waals surface area contributed by atoms with E-state index in [4.69, 9.17) is 20.9 Å². The Morgan fingerprint density at radius 1 is 1.09 bits per heavy atom. The molecule has 174 valence electrons. The number of hydrogen-bond donors (Lipinski definition) is 1. The smallest absolute Gasteiger partial charge is 0.273 e. The normalized spacial score (nSPS) is 15.9. The van der Waals surface area contributed by atoms with Crippen LogP contribution in [-0.4, -0.2) is 48.8 Å². The first kappa shape index (κ1) is 23.5. The number of benzene rings is 2. The standard InChI is InChI=1S/C26H30ClN3O3/c1-26(2,3)20-8-4-18(5-9-20)23(30-12-14-32-15-13-30)17-28-25(31)22-16-24(33-29-22)19-6-10-21(27)11-7-19/h4-11,16,23H,12-15,17H2,1-3H3,(H,28,31)/t23-/m1/s1. The van der Waals surface area contributed by atoms with Gasteiger partial charge in [0.15, 0.2) is 11.5 Å². The van der Waals surface area contributed by atoms with E-state index >= 15 is 0 Å². The largest absolute Gasteiger partial charge is 0.379 e. The predicted molar refractivity (Wildman–Crippen MR) is 130 cm³/mol. The molecule has 1 atom stereocenters. The predicted octanol–water partition coefficient (Wildman–Crippen LogP) is 5.10. The lowest BCUT2D eigenvalue weighted by Crippen LogP contribution is -2.43. The van der Waals surface area contributed by atoms with Gasteiger partial charge in [0, 0.05) is 36.3 Å². The molecule has 1 fully saturated rings. The van der Waals surface area contributed by atoms with Gasteiger partial charge in [-0.2, -0.15) is 0 Å². The number of morpholine rings is 1. The summed E-state index contributed by atoms with van der Waals surface area (Å²) < 4.78 is 10.9. The third-order valence-corrected chi connectivity index (χ3v) is 6.23. The summed E-state index contributed by atoms with van der Waals surface area (Å²) in [6, 6.07) is 17.6. The minimum Gasteiger partial charge on any atom is -0.379 e. The lowest BCUT2D eigenvalue weighted by molar-refractivity contribution is 0.0162. The summed E-state index contributed by atoms with van der Waals surface area (Å²) in [6.07, 6.45) is 0. The Kier molecular flexibility index (Phi) is 7.17. The summed E-state index contributed by atoms with van der Waals surface area (Å²) in [5.74, 6) is 0.267. The summed E-state index contributed by atoms with van der Waals surface area (Å²) in [5.41, 5.74) is 3.62. The highest BCUT2D eigenvalue weighted by Gasteiger charge is 2.25. The molecule has 2 heterocycles. The van der Waals surface area contributed by atoms with E-state index in [0.29, 0.717) is 30.5 Å². The zero-order valence-corrected chi connectivity index (χ0v) is 20.1. The van der Waals surface area contributed by atoms with Gasteiger partial charge in [-0.15, -0.1) is 0 Å². The van der Waals surface area contributed by atoms with Crippen LogP contribution in [0.15, 0.2) is 59.1 Å². The summed E-state index contributed by atoms with van der Waals surface area (Å²) in [4.78, 5) is 15.2. The number of ether oxygens (including phenoxy) is 1. The van der Waals surface area contributed by atoms with Gasteiger partial charge in [0.25, 0.3) is 5.91 Å². The number of nitrogens with zero attached hydrogens (tertiary/aromatic N) is 2. The van der Waals surface area contributed by atoms with Gasteiger partial charge in [-0.05, 0) is 40.8 Å². The maximum atomic E-state index is 12.8. The van der Waals surface area contributed by atoms with Crippen LogP contribution < -0.4 is 5.32 Å². The van der Waals surface area contributed by atoms with Crippen molar-refractivity contribution in [3.8, 4) is 11.3 Å². The number of amides is 1. The van der Waals surface area contributed by atoms with Crippen molar-refractivity contribution >= 4 is 17.5 Å². The van der Waals surface area contributed by atoms with Crippen LogP contribution in [0, 0.1) is 0 Å². The Balaban J connectivity index is 1.47. The van der Waals surface area contributed by atoms with Gasteiger partial charge in [-0.1, -0.05) is 61.8 Å². The van der Waals surface area contributed by atoms with Crippen LogP contribution in [0.5, 0.6) is 0 Å². The highest BCUT2D eigenvalue weighted by Crippen LogP contribution is 2.27. The van der Waals surface area contributed by atoms with Gasteiger partial charge in [0.1, 0.15) is 0 Å². The second-order valence-electron chi connectivity index (χ2n) is 9.33. The molecule has 0 unspecified atom stereocenters. The van der Waals surface area contributed by atoms with E-state index in [-0.39, 0.29) is 23.1 Å². The second kappa shape index (κ2) is 10.1. The molecular weight excluding hydrogens is 438 g/mol. The quantitative estimate of drug-likeness (QED) is 0.546. The fourth-order valence-electron chi connectivity index (χ4n) is 3.96. The maximum absolute atomic E-state index is 12.8. The molecule has 0 aliphatic carbocycles. The first-order valence-electron chi connectivity index (χ1n) is 11.2. The highest BCUT2D eigenvalue weighted by molar-refractivity contribution is 6.30. The van der Waals surface area contributed by atoms with Crippen LogP contribution in [0.2, 0.25) is 5.02 Å². The van der Waals surface area contributed by atoms with Crippen molar-refractivity contribution in [2.24, 2.45) is 0 Å². The summed E-state index contributed by atoms with van der Waals surface area (Å²) in [6.45, 7) is 10.1. The van der Waals surface area contributed by atoms with Crippen molar-refractivity contribution in [3.63, 3.8) is 0 Å². The zero-order chi connectivity index (χ0) is 23.4. The number of nitrogens with one attached hydrogen (secondary N) is 1. The SMILES string of the molecule is CC(C)(C)c1ccc([C@@H](CNC(=O)c2cc(-c3ccc(Cl)cc3)on2)N2CCOCC2)cc1. The Hall–Kier alpha value is -2.67. The molecule has 4 rings (SSSR count). The molecule has 0 spiro atoms. The summed E-state index contributed by atoms with van der Waals surface area (Å²) in [7, 11) is 0. The maximum Gasteiger partial charge on any atom is 0.273 e. The van der Waals surface area contributed by atoms with Gasteiger partial charge in [-0.25, -0.2) is 0 Å². The average molecular weight is 468 g/mol. The van der Waals surface area contributed by atoms with Gasteiger partial charge in [0.2, 0.25) is 0 Å². The van der Waals surface area contributed by atoms with E-state index in [2.05, 4.69) is 60.4 Å². The molecule has 1 aliphatic rings. The summed E-state index contributed by atoms with van der Waals surface area (Å²) >= 11 is 5.95. The topological polar surface area (TPSA) is 67.6 Å². The molecule has 3 aromatic rings. The van der Waals surface area contributed by atoms with Crippen LogP contribution >= 0.6 is 11.6 Å². The van der Waals surface area contributed by atoms with E-state index in [0.717, 1.165) is 18.7 Å². The van der Waals surface area contributed by atoms with Crippen LogP contribution in [0.25, 0.3) is 11.3 Å². The lowest BCUT2D eigenvalue weighted by atomic mass is 9.86. The van der Waals surface area contributed by atoms with Crippen LogP contribution in [-0.2, 0) is 10.2 Å². The van der Waals surface area contributed by atoms with Crippen molar-refractivity contribution in [1.82, 2.24) is 15.4 Å². The molecule has 1 aromatic heterocycles. The fraction of sp³-hybridized carbons (Fsp3) is 0.385. The van der Waals surface area contributed by atoms with Crippen molar-refractivity contribution in [3.05, 3.63) is 76.4 Å². The minimum atomic E-state index is -0.261. The van der Waals surface area contributed by atoms with E-state index in [1.165, 1.54) is 11.1 Å². The first-order chi connectivity index (χ1) is 15.8. The lowest BCUT2D eigenvalue weighted by Gasteiger charge is -2.35. The van der Waals surface area contributed by atoms with Gasteiger partial charge >= 0.3 is 0 Å². The minimum absolute atomic E-state index is 0.0505. The molecular formula is C26H30ClN3O3. The van der Waals surface area contributed by atoms with E-state index in [1.54, 1.807) is 18.2 Å². The van der Waals surface area contributed by atoms with Gasteiger partial charge in [0.05, 0.1) is 19.3 Å². The monoisotopic (exact) mass is 467 g/mol. The van der Waals surface area contributed by atoms with Crippen molar-refractivity contribution in [1.29, 1.82) is 0 Å². The van der Waals surface area contributed by atoms with E-state index in [9.17, 15) is 4.79 Å². The van der Waals surface area contributed by atoms with E-state index < -0.39 is 0 Å². The molecule has 1 saturated heterocycles. The number of rotatable bonds is 6. The number of hydrogen-bond acceptors (Lipinski definition) is 5. The molecule has 1 N–H and O–H groups in total. The molecule has 0 saturated carbocycles. The third-order valence-electron chi connectivity index (χ3n) is 5.98. The molecule has 0 radical (unpaired) electrons. The number of carbonyl (C=O) groups is 1. The van der Waals surface area contributed by atoms with Crippen LogP contribution in [0.1, 0.15) is 48.4 Å². The Morgan fingerprint density at radius 3 is 2.39 bits per heavy atom.